The Morgan fingerprint density at radius 2 is 1.75 bits per heavy atom. The third-order valence-electron chi connectivity index (χ3n) is 5.30. The molecule has 0 spiro atoms. The second kappa shape index (κ2) is 10.3. The summed E-state index contributed by atoms with van der Waals surface area (Å²) < 4.78 is 10.5. The highest BCUT2D eigenvalue weighted by molar-refractivity contribution is 5.91. The lowest BCUT2D eigenvalue weighted by atomic mass is 9.91. The summed E-state index contributed by atoms with van der Waals surface area (Å²) in [6.07, 6.45) is 4.20. The first-order chi connectivity index (χ1) is 13.4. The van der Waals surface area contributed by atoms with E-state index in [0.717, 1.165) is 30.8 Å². The van der Waals surface area contributed by atoms with Crippen molar-refractivity contribution in [3.63, 3.8) is 0 Å². The molecule has 1 heterocycles. The number of hydrogen-bond acceptors (Lipinski definition) is 5. The molecule has 0 atom stereocenters. The van der Waals surface area contributed by atoms with Crippen LogP contribution in [-0.4, -0.2) is 68.1 Å². The second-order valence-electron chi connectivity index (χ2n) is 7.65. The highest BCUT2D eigenvalue weighted by Crippen LogP contribution is 2.21. The highest BCUT2D eigenvalue weighted by atomic mass is 16.5. The van der Waals surface area contributed by atoms with Crippen LogP contribution in [0.5, 0.6) is 5.75 Å². The van der Waals surface area contributed by atoms with Gasteiger partial charge in [0.15, 0.2) is 0 Å². The van der Waals surface area contributed by atoms with Crippen LogP contribution in [0.25, 0.3) is 6.08 Å². The van der Waals surface area contributed by atoms with E-state index in [1.807, 2.05) is 56.0 Å². The summed E-state index contributed by atoms with van der Waals surface area (Å²) >= 11 is 0. The maximum Gasteiger partial charge on any atom is 0.311 e. The summed E-state index contributed by atoms with van der Waals surface area (Å²) in [4.78, 5) is 28.4. The van der Waals surface area contributed by atoms with E-state index in [4.69, 9.17) is 9.47 Å². The number of benzene rings is 1. The molecule has 1 aliphatic heterocycles. The van der Waals surface area contributed by atoms with Gasteiger partial charge in [0.2, 0.25) is 5.91 Å². The van der Waals surface area contributed by atoms with Crippen LogP contribution in [0.3, 0.4) is 0 Å². The van der Waals surface area contributed by atoms with Crippen molar-refractivity contribution in [2.45, 2.75) is 27.2 Å². The lowest BCUT2D eigenvalue weighted by Crippen LogP contribution is -2.49. The average Bonchev–Trinajstić information content (AvgIpc) is 2.72. The van der Waals surface area contributed by atoms with Crippen LogP contribution in [0, 0.1) is 5.41 Å². The van der Waals surface area contributed by atoms with Crippen molar-refractivity contribution in [1.82, 2.24) is 9.80 Å². The van der Waals surface area contributed by atoms with Crippen molar-refractivity contribution in [2.75, 3.05) is 46.4 Å². The molecule has 0 radical (unpaired) electrons. The first kappa shape index (κ1) is 22.0. The smallest absolute Gasteiger partial charge is 0.311 e. The monoisotopic (exact) mass is 388 g/mol. The highest BCUT2D eigenvalue weighted by Gasteiger charge is 2.27. The minimum absolute atomic E-state index is 0.0200. The largest absolute Gasteiger partial charge is 0.497 e. The number of carbonyl (C=O) groups is 2. The van der Waals surface area contributed by atoms with E-state index in [1.165, 1.54) is 0 Å². The molecule has 0 bridgehead atoms. The summed E-state index contributed by atoms with van der Waals surface area (Å²) in [6, 6.07) is 7.58. The molecular weight excluding hydrogens is 356 g/mol. The Labute approximate surface area is 168 Å². The third kappa shape index (κ3) is 6.37. The van der Waals surface area contributed by atoms with Crippen LogP contribution >= 0.6 is 0 Å². The molecule has 0 unspecified atom stereocenters. The molecule has 6 heteroatoms. The Kier molecular flexibility index (Phi) is 8.05. The summed E-state index contributed by atoms with van der Waals surface area (Å²) in [5.41, 5.74) is 0.533. The van der Waals surface area contributed by atoms with Gasteiger partial charge >= 0.3 is 5.97 Å². The van der Waals surface area contributed by atoms with Crippen molar-refractivity contribution in [1.29, 1.82) is 0 Å². The fourth-order valence-electron chi connectivity index (χ4n) is 2.79. The molecule has 1 amide bonds. The molecule has 1 aromatic rings. The Balaban J connectivity index is 1.71. The number of amides is 1. The van der Waals surface area contributed by atoms with E-state index in [2.05, 4.69) is 4.90 Å². The fourth-order valence-corrected chi connectivity index (χ4v) is 2.79. The van der Waals surface area contributed by atoms with Gasteiger partial charge in [-0.2, -0.15) is 0 Å². The minimum atomic E-state index is -0.429. The molecule has 0 N–H and O–H groups in total. The lowest BCUT2D eigenvalue weighted by molar-refractivity contribution is -0.154. The molecule has 1 aromatic carbocycles. The molecule has 1 saturated heterocycles. The van der Waals surface area contributed by atoms with Crippen LogP contribution in [-0.2, 0) is 14.3 Å². The van der Waals surface area contributed by atoms with Crippen LogP contribution in [0.4, 0.5) is 0 Å². The van der Waals surface area contributed by atoms with E-state index in [1.54, 1.807) is 13.2 Å². The molecule has 2 rings (SSSR count). The van der Waals surface area contributed by atoms with Gasteiger partial charge in [-0.3, -0.25) is 14.5 Å². The molecular formula is C22H32N2O4. The average molecular weight is 389 g/mol. The zero-order valence-electron chi connectivity index (χ0n) is 17.4. The Hall–Kier alpha value is -2.34. The van der Waals surface area contributed by atoms with Gasteiger partial charge in [0.25, 0.3) is 0 Å². The van der Waals surface area contributed by atoms with Crippen LogP contribution in [0.15, 0.2) is 30.3 Å². The Morgan fingerprint density at radius 3 is 2.32 bits per heavy atom. The van der Waals surface area contributed by atoms with Crippen LogP contribution < -0.4 is 4.74 Å². The predicted molar refractivity (Wildman–Crippen MR) is 110 cm³/mol. The standard InChI is InChI=1S/C22H32N2O4/c1-5-22(2,3)21(26)28-17-16-23-12-14-24(15-13-23)20(25)11-8-18-6-9-19(27-4)10-7-18/h6-11H,5,12-17H2,1-4H3/b11-8+. The molecule has 6 nitrogen and oxygen atoms in total. The van der Waals surface area contributed by atoms with Crippen LogP contribution in [0.2, 0.25) is 0 Å². The van der Waals surface area contributed by atoms with Gasteiger partial charge in [-0.25, -0.2) is 0 Å². The first-order valence-corrected chi connectivity index (χ1v) is 9.86. The molecule has 0 aliphatic carbocycles. The van der Waals surface area contributed by atoms with Crippen molar-refractivity contribution in [3.05, 3.63) is 35.9 Å². The number of rotatable bonds is 8. The van der Waals surface area contributed by atoms with E-state index < -0.39 is 5.41 Å². The summed E-state index contributed by atoms with van der Waals surface area (Å²) in [5, 5.41) is 0. The number of ether oxygens (including phenoxy) is 2. The lowest BCUT2D eigenvalue weighted by Gasteiger charge is -2.34. The van der Waals surface area contributed by atoms with Gasteiger partial charge in [0.05, 0.1) is 12.5 Å². The van der Waals surface area contributed by atoms with E-state index in [9.17, 15) is 9.59 Å². The molecule has 1 aliphatic rings. The van der Waals surface area contributed by atoms with E-state index >= 15 is 0 Å². The van der Waals surface area contributed by atoms with Crippen molar-refractivity contribution < 1.29 is 19.1 Å². The number of hydrogen-bond donors (Lipinski definition) is 0. The normalized spacial score (nSPS) is 15.6. The van der Waals surface area contributed by atoms with E-state index in [-0.39, 0.29) is 11.9 Å². The predicted octanol–water partition coefficient (Wildman–Crippen LogP) is 2.83. The summed E-state index contributed by atoms with van der Waals surface area (Å²) in [5.74, 6) is 0.669. The molecule has 28 heavy (non-hydrogen) atoms. The summed E-state index contributed by atoms with van der Waals surface area (Å²) in [6.45, 7) is 9.83. The maximum absolute atomic E-state index is 12.4. The fraction of sp³-hybridized carbons (Fsp3) is 0.545. The van der Waals surface area contributed by atoms with Gasteiger partial charge in [-0.05, 0) is 44.0 Å². The number of esters is 1. The topological polar surface area (TPSA) is 59.1 Å². The minimum Gasteiger partial charge on any atom is -0.497 e. The Bertz CT molecular complexity index is 674. The number of nitrogens with zero attached hydrogens (tertiary/aromatic N) is 2. The van der Waals surface area contributed by atoms with Crippen molar-refractivity contribution in [3.8, 4) is 5.75 Å². The molecule has 0 aromatic heterocycles. The first-order valence-electron chi connectivity index (χ1n) is 9.86. The Morgan fingerprint density at radius 1 is 1.11 bits per heavy atom. The maximum atomic E-state index is 12.4. The SMILES string of the molecule is CCC(C)(C)C(=O)OCCN1CCN(C(=O)/C=C/c2ccc(OC)cc2)CC1. The molecule has 1 fully saturated rings. The van der Waals surface area contributed by atoms with Gasteiger partial charge in [0, 0.05) is 38.8 Å². The zero-order valence-corrected chi connectivity index (χ0v) is 17.4. The van der Waals surface area contributed by atoms with Gasteiger partial charge in [-0.15, -0.1) is 0 Å². The van der Waals surface area contributed by atoms with E-state index in [0.29, 0.717) is 26.2 Å². The third-order valence-corrected chi connectivity index (χ3v) is 5.30. The number of carbonyl (C=O) groups excluding carboxylic acids is 2. The van der Waals surface area contributed by atoms with Gasteiger partial charge in [-0.1, -0.05) is 19.1 Å². The second-order valence-corrected chi connectivity index (χ2v) is 7.65. The zero-order chi connectivity index (χ0) is 20.6. The van der Waals surface area contributed by atoms with Crippen LogP contribution in [0.1, 0.15) is 32.8 Å². The van der Waals surface area contributed by atoms with Crippen molar-refractivity contribution in [2.24, 2.45) is 5.41 Å². The quantitative estimate of drug-likeness (QED) is 0.506. The van der Waals surface area contributed by atoms with Crippen molar-refractivity contribution >= 4 is 18.0 Å². The summed E-state index contributed by atoms with van der Waals surface area (Å²) in [7, 11) is 1.63. The van der Waals surface area contributed by atoms with Gasteiger partial charge in [0.1, 0.15) is 12.4 Å². The molecule has 154 valence electrons. The van der Waals surface area contributed by atoms with Gasteiger partial charge < -0.3 is 14.4 Å². The number of methoxy groups -OCH3 is 1. The number of piperazine rings is 1. The molecule has 0 saturated carbocycles.